The van der Waals surface area contributed by atoms with E-state index in [1.165, 1.54) is 12.4 Å². The molecule has 0 aliphatic heterocycles. The molecule has 1 aromatic carbocycles. The summed E-state index contributed by atoms with van der Waals surface area (Å²) in [4.78, 5) is 3.89. The van der Waals surface area contributed by atoms with Crippen LogP contribution in [0.25, 0.3) is 11.3 Å². The fourth-order valence-corrected chi connectivity index (χ4v) is 1.32. The maximum Gasteiger partial charge on any atom is 0.156 e. The number of anilines is 1. The molecular weight excluding hydrogens is 214 g/mol. The van der Waals surface area contributed by atoms with Crippen LogP contribution in [0.2, 0.25) is 0 Å². The van der Waals surface area contributed by atoms with Gasteiger partial charge in [0.15, 0.2) is 5.82 Å². The topological polar surface area (TPSA) is 50.7 Å². The van der Waals surface area contributed by atoms with Gasteiger partial charge in [-0.15, -0.1) is 10.2 Å². The van der Waals surface area contributed by atoms with Crippen LogP contribution in [0.4, 0.5) is 14.6 Å². The molecule has 0 saturated carbocycles. The SMILES string of the molecule is CNc1ncnnc1-c1ccc(F)cc1F. The monoisotopic (exact) mass is 222 g/mol. The quantitative estimate of drug-likeness (QED) is 0.842. The van der Waals surface area contributed by atoms with E-state index in [1.807, 2.05) is 0 Å². The number of halogens is 2. The van der Waals surface area contributed by atoms with E-state index in [-0.39, 0.29) is 11.3 Å². The summed E-state index contributed by atoms with van der Waals surface area (Å²) in [7, 11) is 1.63. The summed E-state index contributed by atoms with van der Waals surface area (Å²) in [5, 5.41) is 10.1. The zero-order valence-corrected chi connectivity index (χ0v) is 8.41. The summed E-state index contributed by atoms with van der Waals surface area (Å²) in [5.41, 5.74) is 0.411. The summed E-state index contributed by atoms with van der Waals surface area (Å²) < 4.78 is 26.2. The van der Waals surface area contributed by atoms with Crippen molar-refractivity contribution in [3.63, 3.8) is 0 Å². The third kappa shape index (κ3) is 1.81. The van der Waals surface area contributed by atoms with Crippen LogP contribution in [0.15, 0.2) is 24.5 Å². The third-order valence-electron chi connectivity index (χ3n) is 2.04. The highest BCUT2D eigenvalue weighted by molar-refractivity contribution is 5.70. The van der Waals surface area contributed by atoms with E-state index in [0.29, 0.717) is 5.82 Å². The molecule has 2 rings (SSSR count). The Morgan fingerprint density at radius 3 is 2.75 bits per heavy atom. The number of hydrogen-bond donors (Lipinski definition) is 1. The molecule has 0 aliphatic rings. The predicted octanol–water partition coefficient (Wildman–Crippen LogP) is 1.86. The van der Waals surface area contributed by atoms with Crippen molar-refractivity contribution in [2.75, 3.05) is 12.4 Å². The van der Waals surface area contributed by atoms with Crippen LogP contribution in [-0.2, 0) is 0 Å². The van der Waals surface area contributed by atoms with Crippen molar-refractivity contribution in [1.82, 2.24) is 15.2 Å². The van der Waals surface area contributed by atoms with Crippen LogP contribution in [0.1, 0.15) is 0 Å². The average Bonchev–Trinajstić information content (AvgIpc) is 2.29. The van der Waals surface area contributed by atoms with Gasteiger partial charge in [0.1, 0.15) is 23.7 Å². The van der Waals surface area contributed by atoms with Gasteiger partial charge in [-0.1, -0.05) is 0 Å². The molecule has 0 radical (unpaired) electrons. The van der Waals surface area contributed by atoms with Crippen molar-refractivity contribution in [3.8, 4) is 11.3 Å². The normalized spacial score (nSPS) is 10.2. The summed E-state index contributed by atoms with van der Waals surface area (Å²) in [6.45, 7) is 0. The number of nitrogens with one attached hydrogen (secondary N) is 1. The lowest BCUT2D eigenvalue weighted by Gasteiger charge is -2.06. The van der Waals surface area contributed by atoms with Gasteiger partial charge in [0.05, 0.1) is 0 Å². The second kappa shape index (κ2) is 4.18. The van der Waals surface area contributed by atoms with E-state index in [2.05, 4.69) is 20.5 Å². The summed E-state index contributed by atoms with van der Waals surface area (Å²) in [5.74, 6) is -0.941. The Hall–Kier alpha value is -2.11. The van der Waals surface area contributed by atoms with Crippen LogP contribution in [0, 0.1) is 11.6 Å². The molecule has 2 aromatic rings. The van der Waals surface area contributed by atoms with Crippen molar-refractivity contribution >= 4 is 5.82 Å². The second-order valence-electron chi connectivity index (χ2n) is 3.03. The molecule has 1 aromatic heterocycles. The Balaban J connectivity index is 2.58. The molecule has 1 N–H and O–H groups in total. The molecule has 1 heterocycles. The second-order valence-corrected chi connectivity index (χ2v) is 3.03. The Morgan fingerprint density at radius 1 is 1.25 bits per heavy atom. The Morgan fingerprint density at radius 2 is 2.06 bits per heavy atom. The van der Waals surface area contributed by atoms with Crippen molar-refractivity contribution in [2.45, 2.75) is 0 Å². The van der Waals surface area contributed by atoms with Crippen LogP contribution in [-0.4, -0.2) is 22.2 Å². The van der Waals surface area contributed by atoms with E-state index in [9.17, 15) is 8.78 Å². The maximum absolute atomic E-state index is 13.5. The van der Waals surface area contributed by atoms with E-state index in [4.69, 9.17) is 0 Å². The molecule has 0 spiro atoms. The standard InChI is InChI=1S/C10H8F2N4/c1-13-10-9(16-15-5-14-10)7-3-2-6(11)4-8(7)12/h2-5H,1H3,(H,13,14,15). The minimum Gasteiger partial charge on any atom is -0.371 e. The molecule has 0 fully saturated rings. The highest BCUT2D eigenvalue weighted by Crippen LogP contribution is 2.25. The predicted molar refractivity (Wildman–Crippen MR) is 54.7 cm³/mol. The third-order valence-corrected chi connectivity index (χ3v) is 2.04. The molecule has 82 valence electrons. The maximum atomic E-state index is 13.5. The lowest BCUT2D eigenvalue weighted by Crippen LogP contribution is -2.00. The highest BCUT2D eigenvalue weighted by atomic mass is 19.1. The van der Waals surface area contributed by atoms with E-state index in [0.717, 1.165) is 12.1 Å². The average molecular weight is 222 g/mol. The van der Waals surface area contributed by atoms with Crippen LogP contribution in [0.3, 0.4) is 0 Å². The van der Waals surface area contributed by atoms with E-state index >= 15 is 0 Å². The van der Waals surface area contributed by atoms with Gasteiger partial charge >= 0.3 is 0 Å². The molecule has 0 amide bonds. The fourth-order valence-electron chi connectivity index (χ4n) is 1.32. The lowest BCUT2D eigenvalue weighted by atomic mass is 10.1. The summed E-state index contributed by atoms with van der Waals surface area (Å²) in [6, 6.07) is 3.26. The Kier molecular flexibility index (Phi) is 2.72. The highest BCUT2D eigenvalue weighted by Gasteiger charge is 2.12. The van der Waals surface area contributed by atoms with E-state index < -0.39 is 11.6 Å². The minimum absolute atomic E-state index is 0.159. The summed E-state index contributed by atoms with van der Waals surface area (Å²) >= 11 is 0. The first-order valence-corrected chi connectivity index (χ1v) is 4.53. The number of aromatic nitrogens is 3. The van der Waals surface area contributed by atoms with Gasteiger partial charge in [-0.3, -0.25) is 0 Å². The number of hydrogen-bond acceptors (Lipinski definition) is 4. The molecule has 0 unspecified atom stereocenters. The zero-order valence-electron chi connectivity index (χ0n) is 8.41. The molecule has 0 aliphatic carbocycles. The number of benzene rings is 1. The van der Waals surface area contributed by atoms with Crippen molar-refractivity contribution in [2.24, 2.45) is 0 Å². The van der Waals surface area contributed by atoms with Crippen molar-refractivity contribution < 1.29 is 8.78 Å². The van der Waals surface area contributed by atoms with Crippen molar-refractivity contribution in [3.05, 3.63) is 36.2 Å². The van der Waals surface area contributed by atoms with E-state index in [1.54, 1.807) is 7.05 Å². The van der Waals surface area contributed by atoms with Gasteiger partial charge in [0.25, 0.3) is 0 Å². The largest absolute Gasteiger partial charge is 0.371 e. The first kappa shape index (κ1) is 10.4. The number of rotatable bonds is 2. The van der Waals surface area contributed by atoms with Gasteiger partial charge < -0.3 is 5.32 Å². The first-order valence-electron chi connectivity index (χ1n) is 4.53. The first-order chi connectivity index (χ1) is 7.72. The van der Waals surface area contributed by atoms with Gasteiger partial charge in [-0.25, -0.2) is 13.8 Å². The van der Waals surface area contributed by atoms with Gasteiger partial charge in [0, 0.05) is 18.7 Å². The molecule has 4 nitrogen and oxygen atoms in total. The molecular formula is C10H8F2N4. The fraction of sp³-hybridized carbons (Fsp3) is 0.100. The van der Waals surface area contributed by atoms with Gasteiger partial charge in [0.2, 0.25) is 0 Å². The smallest absolute Gasteiger partial charge is 0.156 e. The van der Waals surface area contributed by atoms with Crippen LogP contribution < -0.4 is 5.32 Å². The molecule has 16 heavy (non-hydrogen) atoms. The van der Waals surface area contributed by atoms with Gasteiger partial charge in [-0.2, -0.15) is 0 Å². The molecule has 6 heteroatoms. The Labute approximate surface area is 90.4 Å². The molecule has 0 atom stereocenters. The van der Waals surface area contributed by atoms with Crippen LogP contribution in [0.5, 0.6) is 0 Å². The molecule has 0 saturated heterocycles. The Bertz CT molecular complexity index is 516. The molecule has 0 bridgehead atoms. The number of nitrogens with zero attached hydrogens (tertiary/aromatic N) is 3. The van der Waals surface area contributed by atoms with Crippen LogP contribution >= 0.6 is 0 Å². The van der Waals surface area contributed by atoms with Crippen molar-refractivity contribution in [1.29, 1.82) is 0 Å². The van der Waals surface area contributed by atoms with Gasteiger partial charge in [-0.05, 0) is 12.1 Å². The summed E-state index contributed by atoms with van der Waals surface area (Å²) in [6.07, 6.45) is 1.25. The lowest BCUT2D eigenvalue weighted by molar-refractivity contribution is 0.585. The zero-order chi connectivity index (χ0) is 11.5. The minimum atomic E-state index is -0.696.